The number of carbonyl (C=O) groups is 1. The number of benzene rings is 1. The maximum absolute atomic E-state index is 11.8. The molecule has 0 aromatic heterocycles. The SMILES string of the molecule is COc1ccccc1NC(=O)NC=C1CCCCC1. The number of hydrogen-bond acceptors (Lipinski definition) is 2. The van der Waals surface area contributed by atoms with Crippen molar-refractivity contribution in [2.24, 2.45) is 0 Å². The van der Waals surface area contributed by atoms with Crippen molar-refractivity contribution < 1.29 is 9.53 Å². The molecule has 4 heteroatoms. The molecule has 1 saturated carbocycles. The van der Waals surface area contributed by atoms with E-state index in [0.717, 1.165) is 12.8 Å². The molecule has 0 unspecified atom stereocenters. The summed E-state index contributed by atoms with van der Waals surface area (Å²) in [4.78, 5) is 11.8. The summed E-state index contributed by atoms with van der Waals surface area (Å²) in [6.07, 6.45) is 7.77. The van der Waals surface area contributed by atoms with E-state index in [1.807, 2.05) is 30.5 Å². The molecule has 1 aliphatic rings. The molecule has 0 saturated heterocycles. The van der Waals surface area contributed by atoms with Crippen LogP contribution in [0.4, 0.5) is 10.5 Å². The molecular weight excluding hydrogens is 240 g/mol. The molecule has 19 heavy (non-hydrogen) atoms. The van der Waals surface area contributed by atoms with Gasteiger partial charge < -0.3 is 15.4 Å². The van der Waals surface area contributed by atoms with Crippen LogP contribution in [0.2, 0.25) is 0 Å². The van der Waals surface area contributed by atoms with E-state index in [-0.39, 0.29) is 6.03 Å². The smallest absolute Gasteiger partial charge is 0.323 e. The minimum Gasteiger partial charge on any atom is -0.495 e. The molecule has 0 spiro atoms. The predicted molar refractivity (Wildman–Crippen MR) is 76.3 cm³/mol. The van der Waals surface area contributed by atoms with Crippen molar-refractivity contribution in [2.75, 3.05) is 12.4 Å². The van der Waals surface area contributed by atoms with Crippen LogP contribution in [-0.4, -0.2) is 13.1 Å². The number of allylic oxidation sites excluding steroid dienone is 1. The summed E-state index contributed by atoms with van der Waals surface area (Å²) in [5.41, 5.74) is 1.99. The van der Waals surface area contributed by atoms with Gasteiger partial charge in [-0.05, 0) is 37.8 Å². The summed E-state index contributed by atoms with van der Waals surface area (Å²) in [5.74, 6) is 0.656. The molecule has 2 N–H and O–H groups in total. The summed E-state index contributed by atoms with van der Waals surface area (Å²) in [7, 11) is 1.59. The third-order valence-corrected chi connectivity index (χ3v) is 3.26. The highest BCUT2D eigenvalue weighted by atomic mass is 16.5. The van der Waals surface area contributed by atoms with E-state index in [1.54, 1.807) is 7.11 Å². The zero-order valence-corrected chi connectivity index (χ0v) is 11.2. The second kappa shape index (κ2) is 6.83. The van der Waals surface area contributed by atoms with Crippen LogP contribution in [0, 0.1) is 0 Å². The molecular formula is C15H20N2O2. The van der Waals surface area contributed by atoms with Crippen LogP contribution in [0.15, 0.2) is 36.0 Å². The first-order valence-electron chi connectivity index (χ1n) is 6.68. The maximum Gasteiger partial charge on any atom is 0.323 e. The van der Waals surface area contributed by atoms with E-state index < -0.39 is 0 Å². The number of anilines is 1. The van der Waals surface area contributed by atoms with Crippen LogP contribution in [0.1, 0.15) is 32.1 Å². The van der Waals surface area contributed by atoms with Crippen molar-refractivity contribution in [1.82, 2.24) is 5.32 Å². The van der Waals surface area contributed by atoms with E-state index in [0.29, 0.717) is 11.4 Å². The third kappa shape index (κ3) is 4.02. The lowest BCUT2D eigenvalue weighted by Crippen LogP contribution is -2.24. The highest BCUT2D eigenvalue weighted by Gasteiger charge is 2.07. The van der Waals surface area contributed by atoms with E-state index in [9.17, 15) is 4.79 Å². The summed E-state index contributed by atoms with van der Waals surface area (Å²) in [6, 6.07) is 7.12. The van der Waals surface area contributed by atoms with Gasteiger partial charge in [0.05, 0.1) is 12.8 Å². The first-order valence-corrected chi connectivity index (χ1v) is 6.68. The molecule has 0 aliphatic heterocycles. The van der Waals surface area contributed by atoms with Crippen molar-refractivity contribution in [3.63, 3.8) is 0 Å². The van der Waals surface area contributed by atoms with Gasteiger partial charge in [-0.15, -0.1) is 0 Å². The highest BCUT2D eigenvalue weighted by Crippen LogP contribution is 2.23. The summed E-state index contributed by atoms with van der Waals surface area (Å²) >= 11 is 0. The Bertz CT molecular complexity index is 461. The number of nitrogens with one attached hydrogen (secondary N) is 2. The number of rotatable bonds is 3. The van der Waals surface area contributed by atoms with Crippen molar-refractivity contribution in [1.29, 1.82) is 0 Å². The quantitative estimate of drug-likeness (QED) is 0.871. The Morgan fingerprint density at radius 3 is 2.68 bits per heavy atom. The number of hydrogen-bond donors (Lipinski definition) is 2. The minimum atomic E-state index is -0.234. The zero-order valence-electron chi connectivity index (χ0n) is 11.2. The monoisotopic (exact) mass is 260 g/mol. The van der Waals surface area contributed by atoms with Gasteiger partial charge in [0.25, 0.3) is 0 Å². The number of urea groups is 1. The Morgan fingerprint density at radius 1 is 1.21 bits per heavy atom. The first-order chi connectivity index (χ1) is 9.29. The lowest BCUT2D eigenvalue weighted by Gasteiger charge is -2.14. The summed E-state index contributed by atoms with van der Waals surface area (Å²) in [5, 5.41) is 5.57. The summed E-state index contributed by atoms with van der Waals surface area (Å²) < 4.78 is 5.18. The van der Waals surface area contributed by atoms with Gasteiger partial charge in [-0.2, -0.15) is 0 Å². The van der Waals surface area contributed by atoms with Gasteiger partial charge in [-0.3, -0.25) is 0 Å². The summed E-state index contributed by atoms with van der Waals surface area (Å²) in [6.45, 7) is 0. The Kier molecular flexibility index (Phi) is 4.84. The van der Waals surface area contributed by atoms with Gasteiger partial charge >= 0.3 is 6.03 Å². The van der Waals surface area contributed by atoms with Crippen LogP contribution in [0.5, 0.6) is 5.75 Å². The first kappa shape index (κ1) is 13.5. The fraction of sp³-hybridized carbons (Fsp3) is 0.400. The molecule has 0 bridgehead atoms. The second-order valence-corrected chi connectivity index (χ2v) is 4.66. The minimum absolute atomic E-state index is 0.234. The molecule has 0 radical (unpaired) electrons. The Hall–Kier alpha value is -1.97. The van der Waals surface area contributed by atoms with E-state index in [4.69, 9.17) is 4.74 Å². The van der Waals surface area contributed by atoms with Gasteiger partial charge in [-0.25, -0.2) is 4.79 Å². The van der Waals surface area contributed by atoms with E-state index in [1.165, 1.54) is 24.8 Å². The lowest BCUT2D eigenvalue weighted by molar-refractivity contribution is 0.255. The largest absolute Gasteiger partial charge is 0.495 e. The predicted octanol–water partition coefficient (Wildman–Crippen LogP) is 3.66. The number of ether oxygens (including phenoxy) is 1. The number of carbonyl (C=O) groups excluding carboxylic acids is 1. The molecule has 102 valence electrons. The van der Waals surface area contributed by atoms with Crippen LogP contribution in [0.3, 0.4) is 0 Å². The standard InChI is InChI=1S/C15H20N2O2/c1-19-14-10-6-5-9-13(14)17-15(18)16-11-12-7-3-2-4-8-12/h5-6,9-11H,2-4,7-8H2,1H3,(H2,16,17,18). The lowest BCUT2D eigenvalue weighted by atomic mass is 9.96. The van der Waals surface area contributed by atoms with Crippen LogP contribution in [0.25, 0.3) is 0 Å². The number of amides is 2. The van der Waals surface area contributed by atoms with Gasteiger partial charge in [0.1, 0.15) is 5.75 Å². The Morgan fingerprint density at radius 2 is 1.95 bits per heavy atom. The molecule has 4 nitrogen and oxygen atoms in total. The maximum atomic E-state index is 11.8. The fourth-order valence-electron chi connectivity index (χ4n) is 2.22. The topological polar surface area (TPSA) is 50.4 Å². The molecule has 2 amide bonds. The number of methoxy groups -OCH3 is 1. The molecule has 1 fully saturated rings. The molecule has 1 aromatic rings. The Labute approximate surface area is 113 Å². The molecule has 1 aromatic carbocycles. The number of para-hydroxylation sites is 2. The molecule has 1 aliphatic carbocycles. The zero-order chi connectivity index (χ0) is 13.5. The van der Waals surface area contributed by atoms with E-state index >= 15 is 0 Å². The normalized spacial score (nSPS) is 14.7. The average molecular weight is 260 g/mol. The van der Waals surface area contributed by atoms with Gasteiger partial charge in [0.2, 0.25) is 0 Å². The van der Waals surface area contributed by atoms with Gasteiger partial charge in [0, 0.05) is 6.20 Å². The molecule has 0 heterocycles. The average Bonchev–Trinajstić information content (AvgIpc) is 2.47. The van der Waals surface area contributed by atoms with Crippen molar-refractivity contribution in [2.45, 2.75) is 32.1 Å². The fourth-order valence-corrected chi connectivity index (χ4v) is 2.22. The van der Waals surface area contributed by atoms with Crippen molar-refractivity contribution in [3.05, 3.63) is 36.0 Å². The highest BCUT2D eigenvalue weighted by molar-refractivity contribution is 5.91. The van der Waals surface area contributed by atoms with Crippen molar-refractivity contribution >= 4 is 11.7 Å². The van der Waals surface area contributed by atoms with Crippen LogP contribution >= 0.6 is 0 Å². The molecule has 0 atom stereocenters. The van der Waals surface area contributed by atoms with E-state index in [2.05, 4.69) is 10.6 Å². The Balaban J connectivity index is 1.90. The third-order valence-electron chi connectivity index (χ3n) is 3.26. The van der Waals surface area contributed by atoms with Crippen LogP contribution < -0.4 is 15.4 Å². The van der Waals surface area contributed by atoms with Crippen LogP contribution in [-0.2, 0) is 0 Å². The second-order valence-electron chi connectivity index (χ2n) is 4.66. The van der Waals surface area contributed by atoms with Gasteiger partial charge in [-0.1, -0.05) is 24.1 Å². The van der Waals surface area contributed by atoms with Gasteiger partial charge in [0.15, 0.2) is 0 Å². The molecule has 2 rings (SSSR count). The van der Waals surface area contributed by atoms with Crippen molar-refractivity contribution in [3.8, 4) is 5.75 Å².